The zero-order valence-electron chi connectivity index (χ0n) is 28.8. The lowest BCUT2D eigenvalue weighted by molar-refractivity contribution is 0.250. The number of benzene rings is 6. The Labute approximate surface area is 320 Å². The molecule has 56 heavy (non-hydrogen) atoms. The minimum atomic E-state index is -4.77. The van der Waals surface area contributed by atoms with Gasteiger partial charge in [0.25, 0.3) is 40.3 Å². The number of amides is 2. The molecule has 6 aromatic rings. The van der Waals surface area contributed by atoms with Gasteiger partial charge in [0.2, 0.25) is 0 Å². The summed E-state index contributed by atoms with van der Waals surface area (Å²) in [5.41, 5.74) is 1.21. The molecule has 0 saturated heterocycles. The number of hydrogen-bond acceptors (Lipinski definition) is 13. The predicted molar refractivity (Wildman–Crippen MR) is 206 cm³/mol. The summed E-state index contributed by atoms with van der Waals surface area (Å²) >= 11 is 0. The molecule has 6 aromatic carbocycles. The highest BCUT2D eigenvalue weighted by Gasteiger charge is 2.25. The third-order valence-corrected chi connectivity index (χ3v) is 12.8. The predicted octanol–water partition coefficient (Wildman–Crippen LogP) is 5.38. The van der Waals surface area contributed by atoms with E-state index >= 15 is 0 Å². The third kappa shape index (κ3) is 8.46. The van der Waals surface area contributed by atoms with Crippen LogP contribution in [0.4, 0.5) is 27.5 Å². The summed E-state index contributed by atoms with van der Waals surface area (Å²) in [6, 6.07) is 18.0. The minimum Gasteiger partial charge on any atom is -0.508 e. The third-order valence-electron chi connectivity index (χ3n) is 8.45. The summed E-state index contributed by atoms with van der Waals surface area (Å²) in [5.74, 6) is -0.339. The normalized spacial score (nSPS) is 12.4. The molecular weight excluding hydrogens is 813 g/mol. The van der Waals surface area contributed by atoms with Crippen molar-refractivity contribution >= 4 is 90.6 Å². The van der Waals surface area contributed by atoms with E-state index in [0.29, 0.717) is 32.7 Å². The van der Waals surface area contributed by atoms with Gasteiger partial charge in [-0.1, -0.05) is 24.3 Å². The molecule has 0 aliphatic heterocycles. The summed E-state index contributed by atoms with van der Waals surface area (Å²) in [4.78, 5) is 10.9. The molecule has 0 radical (unpaired) electrons. The van der Waals surface area contributed by atoms with Crippen LogP contribution in [0.1, 0.15) is 11.1 Å². The van der Waals surface area contributed by atoms with Crippen LogP contribution in [-0.4, -0.2) is 59.0 Å². The van der Waals surface area contributed by atoms with Gasteiger partial charge in [-0.05, 0) is 109 Å². The van der Waals surface area contributed by atoms with Crippen molar-refractivity contribution < 1.29 is 57.8 Å². The Balaban J connectivity index is 1.25. The van der Waals surface area contributed by atoms with Crippen LogP contribution >= 0.6 is 0 Å². The van der Waals surface area contributed by atoms with Crippen molar-refractivity contribution in [3.05, 3.63) is 108 Å². The summed E-state index contributed by atoms with van der Waals surface area (Å²) in [5, 5.41) is 27.1. The standard InChI is InChI=1S/C35H30N4O13S4/c1-19-3-9-25(15-31(19)36-33-17-27(55(47,48)49)11-21-5-7-23(40)13-29(21)33)53(43,44)38-35(42)39-54(45,46)26-10-4-20(2)32(16-26)37-34-18-28(56(50,51)52)12-22-6-8-24(41)14-30(22)34/h3-18,36-37,40-41H,1-2H3,(H2,38,39,42)(H,47,48,49)(H,50,51,52). The fraction of sp³-hybridized carbons (Fsp3) is 0.0571. The molecule has 8 N–H and O–H groups in total. The van der Waals surface area contributed by atoms with Crippen molar-refractivity contribution in [3.8, 4) is 11.5 Å². The molecule has 0 heterocycles. The lowest BCUT2D eigenvalue weighted by atomic mass is 10.1. The number of hydrogen-bond donors (Lipinski definition) is 8. The van der Waals surface area contributed by atoms with Gasteiger partial charge in [0.15, 0.2) is 0 Å². The number of rotatable bonds is 10. The van der Waals surface area contributed by atoms with Crippen LogP contribution in [0.3, 0.4) is 0 Å². The van der Waals surface area contributed by atoms with E-state index in [2.05, 4.69) is 10.6 Å². The second-order valence-electron chi connectivity index (χ2n) is 12.4. The first kappa shape index (κ1) is 39.7. The van der Waals surface area contributed by atoms with Crippen LogP contribution < -0.4 is 20.1 Å². The number of anilines is 4. The second-order valence-corrected chi connectivity index (χ2v) is 18.7. The maximum atomic E-state index is 13.3. The van der Waals surface area contributed by atoms with Gasteiger partial charge in [-0.25, -0.2) is 31.1 Å². The number of phenolic OH excluding ortho intramolecular Hbond substituents is 2. The zero-order chi connectivity index (χ0) is 41.0. The summed E-state index contributed by atoms with van der Waals surface area (Å²) in [6.45, 7) is 3.17. The zero-order valence-corrected chi connectivity index (χ0v) is 32.1. The molecule has 0 aromatic heterocycles. The Hall–Kier alpha value is -5.97. The molecule has 6 rings (SSSR count). The Morgan fingerprint density at radius 1 is 0.464 bits per heavy atom. The van der Waals surface area contributed by atoms with Gasteiger partial charge in [0.05, 0.1) is 19.6 Å². The monoisotopic (exact) mass is 842 g/mol. The summed E-state index contributed by atoms with van der Waals surface area (Å²) in [7, 11) is -18.9. The van der Waals surface area contributed by atoms with Gasteiger partial charge >= 0.3 is 6.03 Å². The number of sulfonamides is 2. The molecule has 0 bridgehead atoms. The molecule has 0 unspecified atom stereocenters. The molecule has 17 nitrogen and oxygen atoms in total. The SMILES string of the molecule is Cc1ccc(S(=O)(=O)NC(=O)NS(=O)(=O)c2ccc(C)c(Nc3cc(S(=O)(=O)O)cc4ccc(O)cc34)c2)cc1Nc1cc(S(=O)(=O)O)cc2ccc(O)cc12. The summed E-state index contributed by atoms with van der Waals surface area (Å²) < 4.78 is 124. The Bertz CT molecular complexity index is 2880. The fourth-order valence-electron chi connectivity index (χ4n) is 5.62. The van der Waals surface area contributed by atoms with Crippen molar-refractivity contribution in [1.29, 1.82) is 0 Å². The second kappa shape index (κ2) is 14.3. The maximum Gasteiger partial charge on any atom is 0.342 e. The van der Waals surface area contributed by atoms with Gasteiger partial charge < -0.3 is 20.8 Å². The molecule has 0 fully saturated rings. The smallest absolute Gasteiger partial charge is 0.342 e. The Kier molecular flexibility index (Phi) is 10.1. The van der Waals surface area contributed by atoms with Gasteiger partial charge in [-0.15, -0.1) is 0 Å². The van der Waals surface area contributed by atoms with Gasteiger partial charge in [0, 0.05) is 33.5 Å². The van der Waals surface area contributed by atoms with E-state index in [4.69, 9.17) is 0 Å². The highest BCUT2D eigenvalue weighted by atomic mass is 32.2. The van der Waals surface area contributed by atoms with Crippen molar-refractivity contribution in [2.75, 3.05) is 10.6 Å². The van der Waals surface area contributed by atoms with E-state index in [9.17, 15) is 57.8 Å². The Morgan fingerprint density at radius 2 is 0.821 bits per heavy atom. The first-order valence-corrected chi connectivity index (χ1v) is 21.7. The molecule has 21 heteroatoms. The van der Waals surface area contributed by atoms with E-state index in [-0.39, 0.29) is 34.2 Å². The van der Waals surface area contributed by atoms with Crippen molar-refractivity contribution in [2.24, 2.45) is 0 Å². The van der Waals surface area contributed by atoms with Crippen LogP contribution in [0, 0.1) is 13.8 Å². The molecule has 0 saturated carbocycles. The van der Waals surface area contributed by atoms with Crippen molar-refractivity contribution in [1.82, 2.24) is 9.44 Å². The number of aryl methyl sites for hydroxylation is 2. The van der Waals surface area contributed by atoms with Crippen LogP contribution in [-0.2, 0) is 40.3 Å². The quantitative estimate of drug-likeness (QED) is 0.0804. The first-order chi connectivity index (χ1) is 26.0. The van der Waals surface area contributed by atoms with Crippen LogP contribution in [0.25, 0.3) is 21.5 Å². The highest BCUT2D eigenvalue weighted by molar-refractivity contribution is 7.91. The number of phenols is 2. The molecule has 0 aliphatic carbocycles. The van der Waals surface area contributed by atoms with Crippen molar-refractivity contribution in [2.45, 2.75) is 33.4 Å². The number of aromatic hydroxyl groups is 2. The first-order valence-electron chi connectivity index (χ1n) is 15.8. The lowest BCUT2D eigenvalue weighted by Gasteiger charge is -2.16. The number of fused-ring (bicyclic) bond motifs is 2. The summed E-state index contributed by atoms with van der Waals surface area (Å²) in [6.07, 6.45) is 0. The van der Waals surface area contributed by atoms with Gasteiger partial charge in [-0.3, -0.25) is 9.11 Å². The molecule has 0 aliphatic rings. The highest BCUT2D eigenvalue weighted by Crippen LogP contribution is 2.36. The number of nitrogens with one attached hydrogen (secondary N) is 4. The molecule has 2 amide bonds. The van der Waals surface area contributed by atoms with Gasteiger partial charge in [0.1, 0.15) is 11.5 Å². The average molecular weight is 843 g/mol. The number of urea groups is 1. The molecule has 0 spiro atoms. The van der Waals surface area contributed by atoms with E-state index in [1.807, 2.05) is 0 Å². The lowest BCUT2D eigenvalue weighted by Crippen LogP contribution is -2.42. The molecule has 292 valence electrons. The van der Waals surface area contributed by atoms with E-state index in [0.717, 1.165) is 36.4 Å². The molecular formula is C35H30N4O13S4. The van der Waals surface area contributed by atoms with Crippen LogP contribution in [0.2, 0.25) is 0 Å². The van der Waals surface area contributed by atoms with Crippen LogP contribution in [0.15, 0.2) is 117 Å². The van der Waals surface area contributed by atoms with Crippen molar-refractivity contribution in [3.63, 3.8) is 0 Å². The van der Waals surface area contributed by atoms with E-state index in [1.165, 1.54) is 60.7 Å². The molecule has 0 atom stereocenters. The number of carbonyl (C=O) groups excluding carboxylic acids is 1. The van der Waals surface area contributed by atoms with Gasteiger partial charge in [-0.2, -0.15) is 16.8 Å². The Morgan fingerprint density at radius 3 is 1.18 bits per heavy atom. The largest absolute Gasteiger partial charge is 0.508 e. The number of carbonyl (C=O) groups is 1. The van der Waals surface area contributed by atoms with Crippen LogP contribution in [0.5, 0.6) is 11.5 Å². The average Bonchev–Trinajstić information content (AvgIpc) is 3.08. The maximum absolute atomic E-state index is 13.3. The van der Waals surface area contributed by atoms with E-state index in [1.54, 1.807) is 23.3 Å². The van der Waals surface area contributed by atoms with E-state index < -0.39 is 65.9 Å². The fourth-order valence-corrected chi connectivity index (χ4v) is 8.64. The topological polar surface area (TPSA) is 283 Å². The minimum absolute atomic E-state index is 0.0601.